The Labute approximate surface area is 115 Å². The van der Waals surface area contributed by atoms with E-state index < -0.39 is 0 Å². The quantitative estimate of drug-likeness (QED) is 0.861. The van der Waals surface area contributed by atoms with Gasteiger partial charge in [-0.3, -0.25) is 0 Å². The second-order valence-corrected chi connectivity index (χ2v) is 5.33. The van der Waals surface area contributed by atoms with E-state index in [1.54, 1.807) is 0 Å². The van der Waals surface area contributed by atoms with Gasteiger partial charge in [0.15, 0.2) is 5.65 Å². The van der Waals surface area contributed by atoms with Crippen LogP contribution < -0.4 is 4.90 Å². The van der Waals surface area contributed by atoms with E-state index in [2.05, 4.69) is 29.9 Å². The Kier molecular flexibility index (Phi) is 4.40. The Morgan fingerprint density at radius 3 is 2.37 bits per heavy atom. The molecule has 0 unspecified atom stereocenters. The van der Waals surface area contributed by atoms with Crippen molar-refractivity contribution in [2.75, 3.05) is 19.0 Å². The van der Waals surface area contributed by atoms with Crippen LogP contribution in [0.4, 0.5) is 5.82 Å². The molecule has 104 valence electrons. The highest BCUT2D eigenvalue weighted by molar-refractivity contribution is 5.73. The van der Waals surface area contributed by atoms with Crippen molar-refractivity contribution in [3.8, 4) is 0 Å². The molecule has 0 fully saturated rings. The number of nitrogens with one attached hydrogen (secondary N) is 1. The molecule has 0 bridgehead atoms. The van der Waals surface area contributed by atoms with Gasteiger partial charge in [0.25, 0.3) is 0 Å². The predicted octanol–water partition coefficient (Wildman–Crippen LogP) is 3.71. The van der Waals surface area contributed by atoms with Gasteiger partial charge >= 0.3 is 0 Å². The maximum Gasteiger partial charge on any atom is 0.179 e. The molecular formula is C15H24N4. The summed E-state index contributed by atoms with van der Waals surface area (Å²) in [5.74, 6) is 2.59. The van der Waals surface area contributed by atoms with Crippen molar-refractivity contribution >= 4 is 17.0 Å². The van der Waals surface area contributed by atoms with E-state index in [4.69, 9.17) is 4.98 Å². The van der Waals surface area contributed by atoms with Gasteiger partial charge in [-0.05, 0) is 25.0 Å². The molecule has 1 N–H and O–H groups in total. The summed E-state index contributed by atoms with van der Waals surface area (Å²) in [6, 6.07) is 4.10. The largest absolute Gasteiger partial charge is 0.363 e. The zero-order valence-corrected chi connectivity index (χ0v) is 12.4. The van der Waals surface area contributed by atoms with Crippen LogP contribution in [0.1, 0.15) is 51.3 Å². The van der Waals surface area contributed by atoms with E-state index in [0.29, 0.717) is 5.92 Å². The van der Waals surface area contributed by atoms with Gasteiger partial charge in [-0.1, -0.05) is 26.7 Å². The molecule has 0 saturated carbocycles. The predicted molar refractivity (Wildman–Crippen MR) is 80.8 cm³/mol. The Bertz CT molecular complexity index is 524. The Morgan fingerprint density at radius 2 is 1.79 bits per heavy atom. The molecule has 0 saturated heterocycles. The number of rotatable bonds is 6. The van der Waals surface area contributed by atoms with Gasteiger partial charge in [-0.15, -0.1) is 0 Å². The number of H-pyrrole nitrogens is 1. The maximum atomic E-state index is 4.70. The topological polar surface area (TPSA) is 44.8 Å². The smallest absolute Gasteiger partial charge is 0.179 e. The van der Waals surface area contributed by atoms with Gasteiger partial charge in [0.1, 0.15) is 11.6 Å². The first kappa shape index (κ1) is 13.8. The van der Waals surface area contributed by atoms with E-state index >= 15 is 0 Å². The minimum atomic E-state index is 0.534. The fraction of sp³-hybridized carbons (Fsp3) is 0.600. The summed E-state index contributed by atoms with van der Waals surface area (Å²) in [5, 5.41) is 0. The number of aromatic amines is 1. The van der Waals surface area contributed by atoms with Gasteiger partial charge < -0.3 is 9.88 Å². The lowest BCUT2D eigenvalue weighted by Gasteiger charge is -2.11. The lowest BCUT2D eigenvalue weighted by Crippen LogP contribution is -2.10. The number of fused-ring (bicyclic) bond motifs is 1. The van der Waals surface area contributed by atoms with Crippen LogP contribution in [-0.2, 0) is 0 Å². The molecule has 0 aliphatic heterocycles. The molecule has 0 aliphatic carbocycles. The second-order valence-electron chi connectivity index (χ2n) is 5.33. The summed E-state index contributed by atoms with van der Waals surface area (Å²) in [5.41, 5.74) is 1.87. The monoisotopic (exact) mass is 260 g/mol. The highest BCUT2D eigenvalue weighted by Crippen LogP contribution is 2.26. The van der Waals surface area contributed by atoms with Crippen LogP contribution in [0.25, 0.3) is 11.2 Å². The first-order valence-corrected chi connectivity index (χ1v) is 7.19. The minimum absolute atomic E-state index is 0.534. The normalized spacial score (nSPS) is 11.4. The molecule has 0 atom stereocenters. The van der Waals surface area contributed by atoms with Crippen LogP contribution >= 0.6 is 0 Å². The number of hydrogen-bond acceptors (Lipinski definition) is 3. The lowest BCUT2D eigenvalue weighted by atomic mass is 9.98. The minimum Gasteiger partial charge on any atom is -0.363 e. The van der Waals surface area contributed by atoms with Crippen molar-refractivity contribution < 1.29 is 0 Å². The van der Waals surface area contributed by atoms with Crippen LogP contribution in [0.5, 0.6) is 0 Å². The number of anilines is 1. The fourth-order valence-corrected chi connectivity index (χ4v) is 2.46. The van der Waals surface area contributed by atoms with E-state index in [1.807, 2.05) is 25.1 Å². The molecule has 0 spiro atoms. The number of hydrogen-bond donors (Lipinski definition) is 1. The Morgan fingerprint density at radius 1 is 1.11 bits per heavy atom. The zero-order valence-electron chi connectivity index (χ0n) is 12.4. The van der Waals surface area contributed by atoms with E-state index in [-0.39, 0.29) is 0 Å². The maximum absolute atomic E-state index is 4.70. The van der Waals surface area contributed by atoms with Crippen molar-refractivity contribution in [2.45, 2.75) is 45.4 Å². The van der Waals surface area contributed by atoms with Gasteiger partial charge in [-0.2, -0.15) is 0 Å². The fourth-order valence-electron chi connectivity index (χ4n) is 2.46. The van der Waals surface area contributed by atoms with Crippen LogP contribution in [0.15, 0.2) is 12.1 Å². The number of imidazole rings is 1. The molecule has 2 aromatic rings. The van der Waals surface area contributed by atoms with Crippen LogP contribution in [-0.4, -0.2) is 29.0 Å². The van der Waals surface area contributed by atoms with Crippen LogP contribution in [0.2, 0.25) is 0 Å². The van der Waals surface area contributed by atoms with E-state index in [9.17, 15) is 0 Å². The SMILES string of the molecule is CCCC(CCC)c1nc2nc(N(C)C)ccc2[nH]1. The third-order valence-corrected chi connectivity index (χ3v) is 3.47. The first-order chi connectivity index (χ1) is 9.15. The third-order valence-electron chi connectivity index (χ3n) is 3.47. The molecule has 4 heteroatoms. The molecule has 19 heavy (non-hydrogen) atoms. The van der Waals surface area contributed by atoms with Gasteiger partial charge in [0.05, 0.1) is 5.52 Å². The molecule has 2 aromatic heterocycles. The average molecular weight is 260 g/mol. The van der Waals surface area contributed by atoms with E-state index in [1.165, 1.54) is 25.7 Å². The molecule has 0 aromatic carbocycles. The summed E-state index contributed by atoms with van der Waals surface area (Å²) < 4.78 is 0. The van der Waals surface area contributed by atoms with Crippen molar-refractivity contribution in [3.05, 3.63) is 18.0 Å². The highest BCUT2D eigenvalue weighted by atomic mass is 15.1. The number of pyridine rings is 1. The van der Waals surface area contributed by atoms with Crippen molar-refractivity contribution in [2.24, 2.45) is 0 Å². The third kappa shape index (κ3) is 3.06. The summed E-state index contributed by atoms with van der Waals surface area (Å²) in [6.07, 6.45) is 4.76. The molecule has 2 rings (SSSR count). The molecule has 0 radical (unpaired) electrons. The summed E-state index contributed by atoms with van der Waals surface area (Å²) >= 11 is 0. The summed E-state index contributed by atoms with van der Waals surface area (Å²) in [7, 11) is 4.00. The highest BCUT2D eigenvalue weighted by Gasteiger charge is 2.15. The number of aromatic nitrogens is 3. The van der Waals surface area contributed by atoms with Crippen molar-refractivity contribution in [1.82, 2.24) is 15.0 Å². The number of nitrogens with zero attached hydrogens (tertiary/aromatic N) is 3. The second kappa shape index (κ2) is 6.04. The Hall–Kier alpha value is -1.58. The lowest BCUT2D eigenvalue weighted by molar-refractivity contribution is 0.539. The molecular weight excluding hydrogens is 236 g/mol. The standard InChI is InChI=1S/C15H24N4/c1-5-7-11(8-6-2)14-16-12-9-10-13(19(3)4)17-15(12)18-14/h9-11H,5-8H2,1-4H3,(H,16,17,18). The van der Waals surface area contributed by atoms with Gasteiger partial charge in [-0.25, -0.2) is 9.97 Å². The molecule has 0 aliphatic rings. The molecule has 4 nitrogen and oxygen atoms in total. The molecule has 0 amide bonds. The van der Waals surface area contributed by atoms with Crippen molar-refractivity contribution in [3.63, 3.8) is 0 Å². The summed E-state index contributed by atoms with van der Waals surface area (Å²) in [4.78, 5) is 14.7. The van der Waals surface area contributed by atoms with Gasteiger partial charge in [0.2, 0.25) is 0 Å². The Balaban J connectivity index is 2.33. The first-order valence-electron chi connectivity index (χ1n) is 7.19. The van der Waals surface area contributed by atoms with Crippen LogP contribution in [0.3, 0.4) is 0 Å². The van der Waals surface area contributed by atoms with E-state index in [0.717, 1.165) is 22.8 Å². The van der Waals surface area contributed by atoms with Crippen molar-refractivity contribution in [1.29, 1.82) is 0 Å². The van der Waals surface area contributed by atoms with Crippen LogP contribution in [0, 0.1) is 0 Å². The summed E-state index contributed by atoms with van der Waals surface area (Å²) in [6.45, 7) is 4.46. The molecule has 2 heterocycles. The van der Waals surface area contributed by atoms with Gasteiger partial charge in [0, 0.05) is 20.0 Å². The average Bonchev–Trinajstić information content (AvgIpc) is 2.80. The zero-order chi connectivity index (χ0) is 13.8.